The number of hydrazone groups is 1. The first-order chi connectivity index (χ1) is 18.2. The van der Waals surface area contributed by atoms with Gasteiger partial charge in [-0.05, 0) is 63.5 Å². The number of hydrogen-bond donors (Lipinski definition) is 1. The van der Waals surface area contributed by atoms with E-state index in [0.29, 0.717) is 11.1 Å². The lowest BCUT2D eigenvalue weighted by Crippen LogP contribution is -2.18. The van der Waals surface area contributed by atoms with Gasteiger partial charge in [0.15, 0.2) is 11.5 Å². The molecule has 0 unspecified atom stereocenters. The average Bonchev–Trinajstić information content (AvgIpc) is 2.90. The maximum absolute atomic E-state index is 12.8. The van der Waals surface area contributed by atoms with Crippen molar-refractivity contribution in [3.8, 4) is 11.5 Å². The number of ether oxygens (including phenoxy) is 1. The predicted octanol–water partition coefficient (Wildman–Crippen LogP) is 5.44. The van der Waals surface area contributed by atoms with E-state index < -0.39 is 26.6 Å². The summed E-state index contributed by atoms with van der Waals surface area (Å²) in [5.74, 6) is -0.460. The monoisotopic (exact) mass is 597 g/mol. The van der Waals surface area contributed by atoms with Crippen LogP contribution in [0.5, 0.6) is 11.5 Å². The van der Waals surface area contributed by atoms with E-state index in [1.165, 1.54) is 36.5 Å². The Morgan fingerprint density at radius 1 is 1.08 bits per heavy atom. The van der Waals surface area contributed by atoms with Crippen LogP contribution in [-0.2, 0) is 10.1 Å². The molecule has 38 heavy (non-hydrogen) atoms. The van der Waals surface area contributed by atoms with Gasteiger partial charge in [0.05, 0.1) is 22.2 Å². The van der Waals surface area contributed by atoms with Gasteiger partial charge in [0, 0.05) is 17.7 Å². The number of nitrogens with one attached hydrogen (secondary N) is 1. The number of carbonyl (C=O) groups is 1. The fourth-order valence-corrected chi connectivity index (χ4v) is 5.21. The number of fused-ring (bicyclic) bond motifs is 1. The molecule has 4 aromatic rings. The third-order valence-corrected chi connectivity index (χ3v) is 7.06. The summed E-state index contributed by atoms with van der Waals surface area (Å²) in [6, 6.07) is 20.4. The van der Waals surface area contributed by atoms with Gasteiger partial charge in [-0.15, -0.1) is 0 Å². The fourth-order valence-electron chi connectivity index (χ4n) is 3.57. The minimum Gasteiger partial charge on any atom is -0.490 e. The molecule has 0 atom stereocenters. The minimum absolute atomic E-state index is 0.0812. The molecule has 0 aliphatic carbocycles. The Kier molecular flexibility index (Phi) is 8.03. The summed E-state index contributed by atoms with van der Waals surface area (Å²) in [5.41, 5.74) is 3.03. The summed E-state index contributed by atoms with van der Waals surface area (Å²) in [5, 5.41) is 16.8. The highest BCUT2D eigenvalue weighted by Gasteiger charge is 2.24. The number of amides is 1. The zero-order valence-corrected chi connectivity index (χ0v) is 22.2. The van der Waals surface area contributed by atoms with E-state index >= 15 is 0 Å². The number of nitro groups is 1. The predicted molar refractivity (Wildman–Crippen MR) is 145 cm³/mol. The molecule has 0 heterocycles. The maximum atomic E-state index is 12.8. The summed E-state index contributed by atoms with van der Waals surface area (Å²) in [4.78, 5) is 22.7. The van der Waals surface area contributed by atoms with Gasteiger partial charge in [-0.2, -0.15) is 13.5 Å². The molecule has 12 heteroatoms. The molecule has 0 saturated heterocycles. The Hall–Kier alpha value is -4.29. The Balaban J connectivity index is 1.57. The van der Waals surface area contributed by atoms with Crippen molar-refractivity contribution in [2.75, 3.05) is 6.61 Å². The van der Waals surface area contributed by atoms with Crippen LogP contribution >= 0.6 is 15.9 Å². The number of hydrogen-bond acceptors (Lipinski definition) is 8. The Morgan fingerprint density at radius 2 is 1.82 bits per heavy atom. The van der Waals surface area contributed by atoms with Gasteiger partial charge in [-0.1, -0.05) is 42.5 Å². The van der Waals surface area contributed by atoms with Crippen molar-refractivity contribution in [3.05, 3.63) is 105 Å². The molecule has 0 aliphatic heterocycles. The standard InChI is InChI=1S/C26H20BrN3O7S/c1-2-36-24-14-17(16-28-29-26(31)22-12-5-8-18-7-3-4-11-21(18)22)13-23(27)25(24)37-38(34,35)20-10-6-9-19(15-20)30(32)33/h3-16H,2H2,1H3,(H,29,31)/b28-16-. The molecular weight excluding hydrogens is 578 g/mol. The van der Waals surface area contributed by atoms with Gasteiger partial charge >= 0.3 is 10.1 Å². The first-order valence-electron chi connectivity index (χ1n) is 11.2. The van der Waals surface area contributed by atoms with E-state index in [2.05, 4.69) is 26.5 Å². The molecule has 4 aromatic carbocycles. The normalized spacial score (nSPS) is 11.4. The molecule has 0 aliphatic rings. The Bertz CT molecular complexity index is 1670. The molecular formula is C26H20BrN3O7S. The Labute approximate surface area is 226 Å². The summed E-state index contributed by atoms with van der Waals surface area (Å²) in [6.07, 6.45) is 1.37. The number of non-ortho nitro benzene ring substituents is 1. The number of benzene rings is 4. The second-order valence-electron chi connectivity index (χ2n) is 7.78. The number of carbonyl (C=O) groups excluding carboxylic acids is 1. The van der Waals surface area contributed by atoms with E-state index in [-0.39, 0.29) is 27.5 Å². The van der Waals surface area contributed by atoms with Crippen LogP contribution in [0.2, 0.25) is 0 Å². The second-order valence-corrected chi connectivity index (χ2v) is 10.2. The molecule has 4 rings (SSSR count). The molecule has 194 valence electrons. The molecule has 10 nitrogen and oxygen atoms in total. The van der Waals surface area contributed by atoms with Gasteiger partial charge < -0.3 is 8.92 Å². The molecule has 0 saturated carbocycles. The molecule has 1 amide bonds. The topological polar surface area (TPSA) is 137 Å². The first-order valence-corrected chi connectivity index (χ1v) is 13.4. The summed E-state index contributed by atoms with van der Waals surface area (Å²) in [7, 11) is -4.43. The molecule has 0 fully saturated rings. The van der Waals surface area contributed by atoms with Crippen molar-refractivity contribution in [2.45, 2.75) is 11.8 Å². The third-order valence-electron chi connectivity index (χ3n) is 5.26. The lowest BCUT2D eigenvalue weighted by molar-refractivity contribution is -0.385. The molecule has 1 N–H and O–H groups in total. The van der Waals surface area contributed by atoms with Gasteiger partial charge in [0.2, 0.25) is 0 Å². The highest BCUT2D eigenvalue weighted by Crippen LogP contribution is 2.38. The van der Waals surface area contributed by atoms with Crippen LogP contribution in [-0.4, -0.2) is 32.1 Å². The smallest absolute Gasteiger partial charge is 0.339 e. The van der Waals surface area contributed by atoms with E-state index in [1.807, 2.05) is 30.3 Å². The van der Waals surface area contributed by atoms with Crippen LogP contribution in [0.25, 0.3) is 10.8 Å². The quantitative estimate of drug-likeness (QED) is 0.117. The van der Waals surface area contributed by atoms with Crippen LogP contribution < -0.4 is 14.3 Å². The molecule has 0 aromatic heterocycles. The highest BCUT2D eigenvalue weighted by atomic mass is 79.9. The van der Waals surface area contributed by atoms with Crippen molar-refractivity contribution in [3.63, 3.8) is 0 Å². The van der Waals surface area contributed by atoms with Gasteiger partial charge in [0.1, 0.15) is 4.90 Å². The SMILES string of the molecule is CCOc1cc(/C=N\NC(=O)c2cccc3ccccc23)cc(Br)c1OS(=O)(=O)c1cccc([N+](=O)[O-])c1. The number of rotatable bonds is 9. The van der Waals surface area contributed by atoms with E-state index in [9.17, 15) is 23.3 Å². The summed E-state index contributed by atoms with van der Waals surface area (Å²) < 4.78 is 36.8. The molecule has 0 bridgehead atoms. The average molecular weight is 598 g/mol. The highest BCUT2D eigenvalue weighted by molar-refractivity contribution is 9.10. The van der Waals surface area contributed by atoms with Crippen LogP contribution in [0, 0.1) is 10.1 Å². The van der Waals surface area contributed by atoms with Crippen molar-refractivity contribution < 1.29 is 27.1 Å². The largest absolute Gasteiger partial charge is 0.490 e. The van der Waals surface area contributed by atoms with E-state index in [4.69, 9.17) is 8.92 Å². The maximum Gasteiger partial charge on any atom is 0.339 e. The number of halogens is 1. The van der Waals surface area contributed by atoms with Crippen LogP contribution in [0.4, 0.5) is 5.69 Å². The molecule has 0 spiro atoms. The zero-order valence-electron chi connectivity index (χ0n) is 19.8. The van der Waals surface area contributed by atoms with E-state index in [1.54, 1.807) is 19.1 Å². The first kappa shape index (κ1) is 26.8. The molecule has 0 radical (unpaired) electrons. The van der Waals surface area contributed by atoms with Crippen molar-refractivity contribution in [2.24, 2.45) is 5.10 Å². The van der Waals surface area contributed by atoms with Crippen LogP contribution in [0.3, 0.4) is 0 Å². The number of nitrogens with zero attached hydrogens (tertiary/aromatic N) is 2. The lowest BCUT2D eigenvalue weighted by Gasteiger charge is -2.14. The van der Waals surface area contributed by atoms with Crippen LogP contribution in [0.1, 0.15) is 22.8 Å². The second kappa shape index (κ2) is 11.4. The van der Waals surface area contributed by atoms with Gasteiger partial charge in [0.25, 0.3) is 11.6 Å². The summed E-state index contributed by atoms with van der Waals surface area (Å²) in [6.45, 7) is 1.90. The minimum atomic E-state index is -4.43. The van der Waals surface area contributed by atoms with E-state index in [0.717, 1.165) is 16.8 Å². The van der Waals surface area contributed by atoms with Crippen molar-refractivity contribution >= 4 is 54.6 Å². The Morgan fingerprint density at radius 3 is 2.58 bits per heavy atom. The van der Waals surface area contributed by atoms with Crippen molar-refractivity contribution in [1.82, 2.24) is 5.43 Å². The third kappa shape index (κ3) is 5.98. The number of nitro benzene ring substituents is 1. The van der Waals surface area contributed by atoms with Gasteiger partial charge in [-0.25, -0.2) is 5.43 Å². The van der Waals surface area contributed by atoms with Crippen molar-refractivity contribution in [1.29, 1.82) is 0 Å². The lowest BCUT2D eigenvalue weighted by atomic mass is 10.0. The van der Waals surface area contributed by atoms with Crippen LogP contribution in [0.15, 0.2) is 93.3 Å². The fraction of sp³-hybridized carbons (Fsp3) is 0.0769. The zero-order chi connectivity index (χ0) is 27.3. The van der Waals surface area contributed by atoms with Gasteiger partial charge in [-0.3, -0.25) is 14.9 Å². The summed E-state index contributed by atoms with van der Waals surface area (Å²) >= 11 is 3.29.